The summed E-state index contributed by atoms with van der Waals surface area (Å²) in [7, 11) is 0. The summed E-state index contributed by atoms with van der Waals surface area (Å²) in [6.45, 7) is 0. The van der Waals surface area contributed by atoms with Crippen LogP contribution in [0.15, 0.2) is 54.6 Å². The minimum absolute atomic E-state index is 0.0115. The molecule has 1 aliphatic carbocycles. The standard InChI is InChI=1S/C22H18O5/c23-15-3-1-12(2-4-15)19-8-14-7-18(26)10-22(27)21(14)11-20(19)13-5-16(24)9-17(25)6-13/h1-7,9-11,19,23-27H,8H2. The van der Waals surface area contributed by atoms with Crippen LogP contribution in [-0.2, 0) is 6.42 Å². The summed E-state index contributed by atoms with van der Waals surface area (Å²) in [6.07, 6.45) is 2.31. The zero-order chi connectivity index (χ0) is 19.1. The first-order valence-corrected chi connectivity index (χ1v) is 8.49. The average molecular weight is 362 g/mol. The maximum Gasteiger partial charge on any atom is 0.126 e. The molecule has 3 aromatic rings. The molecule has 0 spiro atoms. The lowest BCUT2D eigenvalue weighted by Gasteiger charge is -2.28. The third kappa shape index (κ3) is 3.15. The molecule has 1 atom stereocenters. The summed E-state index contributed by atoms with van der Waals surface area (Å²) in [4.78, 5) is 0. The highest BCUT2D eigenvalue weighted by molar-refractivity contribution is 5.90. The minimum Gasteiger partial charge on any atom is -0.508 e. The van der Waals surface area contributed by atoms with Gasteiger partial charge in [-0.25, -0.2) is 0 Å². The summed E-state index contributed by atoms with van der Waals surface area (Å²) >= 11 is 0. The number of fused-ring (bicyclic) bond motifs is 1. The van der Waals surface area contributed by atoms with Gasteiger partial charge in [-0.15, -0.1) is 0 Å². The molecule has 0 saturated heterocycles. The van der Waals surface area contributed by atoms with E-state index in [1.807, 2.05) is 12.1 Å². The van der Waals surface area contributed by atoms with Crippen LogP contribution in [-0.4, -0.2) is 25.5 Å². The summed E-state index contributed by atoms with van der Waals surface area (Å²) in [5, 5.41) is 49.5. The van der Waals surface area contributed by atoms with Crippen LogP contribution < -0.4 is 0 Å². The molecular formula is C22H18O5. The predicted molar refractivity (Wildman–Crippen MR) is 102 cm³/mol. The molecule has 0 radical (unpaired) electrons. The van der Waals surface area contributed by atoms with Crippen LogP contribution in [0, 0.1) is 0 Å². The van der Waals surface area contributed by atoms with E-state index in [0.717, 1.165) is 16.7 Å². The molecule has 0 saturated carbocycles. The van der Waals surface area contributed by atoms with Crippen LogP contribution in [0.1, 0.15) is 28.2 Å². The normalized spacial score (nSPS) is 15.9. The van der Waals surface area contributed by atoms with E-state index in [-0.39, 0.29) is 34.7 Å². The van der Waals surface area contributed by atoms with E-state index in [1.165, 1.54) is 12.1 Å². The van der Waals surface area contributed by atoms with Crippen molar-refractivity contribution in [2.45, 2.75) is 12.3 Å². The minimum atomic E-state index is -0.152. The first-order chi connectivity index (χ1) is 12.9. The van der Waals surface area contributed by atoms with E-state index >= 15 is 0 Å². The fourth-order valence-corrected chi connectivity index (χ4v) is 3.65. The van der Waals surface area contributed by atoms with Crippen molar-refractivity contribution in [1.29, 1.82) is 0 Å². The van der Waals surface area contributed by atoms with Crippen molar-refractivity contribution in [2.75, 3.05) is 0 Å². The van der Waals surface area contributed by atoms with Crippen molar-refractivity contribution >= 4 is 11.6 Å². The lowest BCUT2D eigenvalue weighted by atomic mass is 9.76. The molecule has 0 bridgehead atoms. The van der Waals surface area contributed by atoms with Crippen LogP contribution in [0.2, 0.25) is 0 Å². The van der Waals surface area contributed by atoms with Crippen molar-refractivity contribution in [2.24, 2.45) is 0 Å². The highest BCUT2D eigenvalue weighted by Crippen LogP contribution is 2.45. The number of rotatable bonds is 2. The van der Waals surface area contributed by atoms with Crippen LogP contribution in [0.25, 0.3) is 11.6 Å². The Labute approximate surface area is 155 Å². The number of phenols is 5. The van der Waals surface area contributed by atoms with E-state index in [9.17, 15) is 25.5 Å². The SMILES string of the molecule is Oc1ccc(C2Cc3cc(O)cc(O)c3C=C2c2cc(O)cc(O)c2)cc1. The first-order valence-electron chi connectivity index (χ1n) is 8.49. The van der Waals surface area contributed by atoms with Gasteiger partial charge in [-0.2, -0.15) is 0 Å². The Hall–Kier alpha value is -3.60. The van der Waals surface area contributed by atoms with Gasteiger partial charge in [-0.1, -0.05) is 12.1 Å². The Morgan fingerprint density at radius 1 is 0.667 bits per heavy atom. The Kier molecular flexibility index (Phi) is 3.92. The van der Waals surface area contributed by atoms with Crippen LogP contribution in [0.4, 0.5) is 0 Å². The second-order valence-electron chi connectivity index (χ2n) is 6.72. The Morgan fingerprint density at radius 2 is 1.30 bits per heavy atom. The molecule has 4 rings (SSSR count). The molecule has 1 unspecified atom stereocenters. The van der Waals surface area contributed by atoms with Crippen LogP contribution >= 0.6 is 0 Å². The predicted octanol–water partition coefficient (Wildman–Crippen LogP) is 4.10. The fraction of sp³-hybridized carbons (Fsp3) is 0.0909. The van der Waals surface area contributed by atoms with Gasteiger partial charge in [0.05, 0.1) is 0 Å². The van der Waals surface area contributed by atoms with Gasteiger partial charge in [-0.05, 0) is 65.1 Å². The van der Waals surface area contributed by atoms with Crippen molar-refractivity contribution < 1.29 is 25.5 Å². The maximum absolute atomic E-state index is 10.3. The molecule has 3 aromatic carbocycles. The lowest BCUT2D eigenvalue weighted by molar-refractivity contribution is 0.448. The number of hydrogen-bond donors (Lipinski definition) is 5. The van der Waals surface area contributed by atoms with Crippen LogP contribution in [0.3, 0.4) is 0 Å². The molecule has 0 heterocycles. The molecule has 136 valence electrons. The monoisotopic (exact) mass is 362 g/mol. The zero-order valence-corrected chi connectivity index (χ0v) is 14.3. The Morgan fingerprint density at radius 3 is 1.96 bits per heavy atom. The topological polar surface area (TPSA) is 101 Å². The molecular weight excluding hydrogens is 344 g/mol. The number of aromatic hydroxyl groups is 5. The zero-order valence-electron chi connectivity index (χ0n) is 14.3. The van der Waals surface area contributed by atoms with Crippen molar-refractivity contribution in [3.05, 3.63) is 76.9 Å². The fourth-order valence-electron chi connectivity index (χ4n) is 3.65. The second-order valence-corrected chi connectivity index (χ2v) is 6.72. The lowest BCUT2D eigenvalue weighted by Crippen LogP contribution is -2.11. The number of benzene rings is 3. The summed E-state index contributed by atoms with van der Waals surface area (Å²) in [5.74, 6) is -0.156. The Bertz CT molecular complexity index is 1030. The average Bonchev–Trinajstić information content (AvgIpc) is 2.60. The molecule has 5 nitrogen and oxygen atoms in total. The molecule has 5 N–H and O–H groups in total. The maximum atomic E-state index is 10.3. The molecule has 0 fully saturated rings. The molecule has 27 heavy (non-hydrogen) atoms. The third-order valence-corrected chi connectivity index (χ3v) is 4.86. The smallest absolute Gasteiger partial charge is 0.126 e. The number of phenolic OH excluding ortho intramolecular Hbond substituents is 5. The molecule has 0 aromatic heterocycles. The van der Waals surface area contributed by atoms with E-state index < -0.39 is 0 Å². The van der Waals surface area contributed by atoms with Crippen LogP contribution in [0.5, 0.6) is 28.7 Å². The van der Waals surface area contributed by atoms with E-state index in [4.69, 9.17) is 0 Å². The first kappa shape index (κ1) is 16.8. The van der Waals surface area contributed by atoms with Gasteiger partial charge in [0.2, 0.25) is 0 Å². The summed E-state index contributed by atoms with van der Waals surface area (Å²) < 4.78 is 0. The molecule has 0 aliphatic heterocycles. The van der Waals surface area contributed by atoms with Gasteiger partial charge < -0.3 is 25.5 Å². The summed E-state index contributed by atoms with van der Waals surface area (Å²) in [5.41, 5.74) is 3.75. The van der Waals surface area contributed by atoms with E-state index in [2.05, 4.69) is 0 Å². The highest BCUT2D eigenvalue weighted by atomic mass is 16.3. The highest BCUT2D eigenvalue weighted by Gasteiger charge is 2.27. The summed E-state index contributed by atoms with van der Waals surface area (Å²) in [6, 6.07) is 14.1. The van der Waals surface area contributed by atoms with Gasteiger partial charge in [0.25, 0.3) is 0 Å². The van der Waals surface area contributed by atoms with Crippen molar-refractivity contribution in [3.8, 4) is 28.7 Å². The molecule has 0 amide bonds. The van der Waals surface area contributed by atoms with E-state index in [1.54, 1.807) is 36.4 Å². The van der Waals surface area contributed by atoms with Crippen molar-refractivity contribution in [1.82, 2.24) is 0 Å². The largest absolute Gasteiger partial charge is 0.508 e. The van der Waals surface area contributed by atoms with Gasteiger partial charge >= 0.3 is 0 Å². The number of hydrogen-bond acceptors (Lipinski definition) is 5. The van der Waals surface area contributed by atoms with Gasteiger partial charge in [0, 0.05) is 23.6 Å². The Balaban J connectivity index is 1.93. The van der Waals surface area contributed by atoms with Gasteiger partial charge in [-0.3, -0.25) is 0 Å². The quantitative estimate of drug-likeness (QED) is 0.473. The second kappa shape index (κ2) is 6.29. The third-order valence-electron chi connectivity index (χ3n) is 4.86. The molecule has 5 heteroatoms. The van der Waals surface area contributed by atoms with Gasteiger partial charge in [0.1, 0.15) is 28.7 Å². The van der Waals surface area contributed by atoms with E-state index in [0.29, 0.717) is 17.5 Å². The number of allylic oxidation sites excluding steroid dienone is 1. The van der Waals surface area contributed by atoms with Gasteiger partial charge in [0.15, 0.2) is 0 Å². The molecule has 1 aliphatic rings. The van der Waals surface area contributed by atoms with Crippen molar-refractivity contribution in [3.63, 3.8) is 0 Å².